The van der Waals surface area contributed by atoms with Crippen molar-refractivity contribution in [2.75, 3.05) is 0 Å². The van der Waals surface area contributed by atoms with E-state index in [1.54, 1.807) is 0 Å². The normalized spacial score (nSPS) is 30.2. The van der Waals surface area contributed by atoms with Crippen LogP contribution in [0.5, 0.6) is 0 Å². The van der Waals surface area contributed by atoms with E-state index in [1.807, 2.05) is 0 Å². The first-order chi connectivity index (χ1) is 5.72. The van der Waals surface area contributed by atoms with Crippen LogP contribution in [0.15, 0.2) is 0 Å². The zero-order valence-electron chi connectivity index (χ0n) is 6.67. The molecule has 1 aliphatic carbocycles. The van der Waals surface area contributed by atoms with Crippen LogP contribution in [-0.2, 0) is 4.74 Å². The van der Waals surface area contributed by atoms with E-state index in [2.05, 4.69) is 10.8 Å². The third-order valence-corrected chi connectivity index (χ3v) is 2.10. The molecule has 0 heterocycles. The van der Waals surface area contributed by atoms with Crippen molar-refractivity contribution in [1.82, 2.24) is 0 Å². The van der Waals surface area contributed by atoms with Gasteiger partial charge in [0.1, 0.15) is 0 Å². The first kappa shape index (κ1) is 9.40. The van der Waals surface area contributed by atoms with Crippen LogP contribution in [0, 0.1) is 17.2 Å². The molecule has 68 valence electrons. The van der Waals surface area contributed by atoms with Gasteiger partial charge in [0.15, 0.2) is 0 Å². The van der Waals surface area contributed by atoms with Crippen molar-refractivity contribution in [1.29, 1.82) is 5.26 Å². The number of rotatable bonds is 2. The SMILES string of the molecule is N#CC1CCCC(OC(F)F)C1. The minimum absolute atomic E-state index is 0.0949. The van der Waals surface area contributed by atoms with Crippen LogP contribution in [0.25, 0.3) is 0 Å². The number of hydrogen-bond acceptors (Lipinski definition) is 2. The van der Waals surface area contributed by atoms with Crippen molar-refractivity contribution < 1.29 is 13.5 Å². The summed E-state index contributed by atoms with van der Waals surface area (Å²) in [6, 6.07) is 2.08. The summed E-state index contributed by atoms with van der Waals surface area (Å²) in [7, 11) is 0. The second kappa shape index (κ2) is 4.36. The largest absolute Gasteiger partial charge is 0.345 e. The Morgan fingerprint density at radius 2 is 2.17 bits per heavy atom. The Morgan fingerprint density at radius 1 is 1.42 bits per heavy atom. The topological polar surface area (TPSA) is 33.0 Å². The molecule has 0 spiro atoms. The fourth-order valence-corrected chi connectivity index (χ4v) is 1.53. The summed E-state index contributed by atoms with van der Waals surface area (Å²) >= 11 is 0. The van der Waals surface area contributed by atoms with Gasteiger partial charge in [-0.2, -0.15) is 14.0 Å². The lowest BCUT2D eigenvalue weighted by atomic mass is 9.88. The highest BCUT2D eigenvalue weighted by molar-refractivity contribution is 4.88. The molecule has 0 aromatic carbocycles. The van der Waals surface area contributed by atoms with Crippen LogP contribution >= 0.6 is 0 Å². The molecule has 12 heavy (non-hydrogen) atoms. The highest BCUT2D eigenvalue weighted by Crippen LogP contribution is 2.26. The predicted octanol–water partition coefficient (Wildman–Crippen LogP) is 2.31. The molecule has 0 amide bonds. The van der Waals surface area contributed by atoms with Crippen LogP contribution in [0.1, 0.15) is 25.7 Å². The molecule has 0 N–H and O–H groups in total. The Balaban J connectivity index is 2.32. The summed E-state index contributed by atoms with van der Waals surface area (Å²) in [6.45, 7) is -2.70. The molecule has 2 nitrogen and oxygen atoms in total. The summed E-state index contributed by atoms with van der Waals surface area (Å²) in [4.78, 5) is 0. The first-order valence-corrected chi connectivity index (χ1v) is 4.05. The second-order valence-electron chi connectivity index (χ2n) is 3.01. The van der Waals surface area contributed by atoms with Gasteiger partial charge in [0, 0.05) is 5.92 Å². The number of ether oxygens (including phenoxy) is 1. The summed E-state index contributed by atoms with van der Waals surface area (Å²) < 4.78 is 27.8. The Hall–Kier alpha value is -0.690. The van der Waals surface area contributed by atoms with Crippen LogP contribution in [0.3, 0.4) is 0 Å². The average Bonchev–Trinajstić information content (AvgIpc) is 2.03. The predicted molar refractivity (Wildman–Crippen MR) is 38.4 cm³/mol. The molecule has 0 aromatic rings. The van der Waals surface area contributed by atoms with Gasteiger partial charge in [-0.3, -0.25) is 0 Å². The lowest BCUT2D eigenvalue weighted by Crippen LogP contribution is -2.24. The van der Waals surface area contributed by atoms with Crippen LogP contribution in [0.4, 0.5) is 8.78 Å². The third kappa shape index (κ3) is 2.74. The van der Waals surface area contributed by atoms with Gasteiger partial charge in [-0.15, -0.1) is 0 Å². The molecule has 1 saturated carbocycles. The molecular formula is C8H11F2NO. The minimum Gasteiger partial charge on any atom is -0.320 e. The maximum absolute atomic E-state index is 11.7. The van der Waals surface area contributed by atoms with Crippen molar-refractivity contribution in [2.24, 2.45) is 5.92 Å². The molecule has 2 unspecified atom stereocenters. The second-order valence-corrected chi connectivity index (χ2v) is 3.01. The van der Waals surface area contributed by atoms with E-state index in [9.17, 15) is 8.78 Å². The molecule has 1 aliphatic rings. The maximum Gasteiger partial charge on any atom is 0.345 e. The molecule has 1 fully saturated rings. The van der Waals surface area contributed by atoms with Crippen molar-refractivity contribution >= 4 is 0 Å². The van der Waals surface area contributed by atoms with Gasteiger partial charge in [0.05, 0.1) is 12.2 Å². The summed E-state index contributed by atoms with van der Waals surface area (Å²) in [6.07, 6.45) is 2.34. The molecule has 0 aromatic heterocycles. The van der Waals surface area contributed by atoms with Crippen LogP contribution in [0.2, 0.25) is 0 Å². The van der Waals surface area contributed by atoms with Gasteiger partial charge in [-0.05, 0) is 25.7 Å². The highest BCUT2D eigenvalue weighted by atomic mass is 19.3. The fraction of sp³-hybridized carbons (Fsp3) is 0.875. The average molecular weight is 175 g/mol. The van der Waals surface area contributed by atoms with E-state index >= 15 is 0 Å². The van der Waals surface area contributed by atoms with Crippen molar-refractivity contribution in [3.05, 3.63) is 0 Å². The van der Waals surface area contributed by atoms with Crippen molar-refractivity contribution in [3.63, 3.8) is 0 Å². The smallest absolute Gasteiger partial charge is 0.320 e. The van der Waals surface area contributed by atoms with E-state index in [-0.39, 0.29) is 5.92 Å². The minimum atomic E-state index is -2.70. The van der Waals surface area contributed by atoms with Crippen LogP contribution < -0.4 is 0 Å². The number of alkyl halides is 2. The number of halogens is 2. The highest BCUT2D eigenvalue weighted by Gasteiger charge is 2.24. The first-order valence-electron chi connectivity index (χ1n) is 4.05. The van der Waals surface area contributed by atoms with Gasteiger partial charge in [-0.1, -0.05) is 0 Å². The maximum atomic E-state index is 11.7. The molecule has 4 heteroatoms. The van der Waals surface area contributed by atoms with E-state index in [1.165, 1.54) is 0 Å². The van der Waals surface area contributed by atoms with Crippen molar-refractivity contribution in [2.45, 2.75) is 38.4 Å². The standard InChI is InChI=1S/C8H11F2NO/c9-8(10)12-7-3-1-2-6(4-7)5-11/h6-8H,1-4H2. The summed E-state index contributed by atoms with van der Waals surface area (Å²) in [5.41, 5.74) is 0. The molecule has 0 aliphatic heterocycles. The van der Waals surface area contributed by atoms with Gasteiger partial charge in [-0.25, -0.2) is 0 Å². The number of hydrogen-bond donors (Lipinski definition) is 0. The molecule has 0 saturated heterocycles. The van der Waals surface area contributed by atoms with Gasteiger partial charge in [0.25, 0.3) is 0 Å². The Labute approximate surface area is 70.1 Å². The van der Waals surface area contributed by atoms with E-state index < -0.39 is 12.7 Å². The monoisotopic (exact) mass is 175 g/mol. The quantitative estimate of drug-likeness (QED) is 0.645. The van der Waals surface area contributed by atoms with Gasteiger partial charge in [0.2, 0.25) is 0 Å². The lowest BCUT2D eigenvalue weighted by Gasteiger charge is -2.24. The Kier molecular flexibility index (Phi) is 3.42. The molecule has 1 rings (SSSR count). The van der Waals surface area contributed by atoms with Crippen molar-refractivity contribution in [3.8, 4) is 6.07 Å². The zero-order valence-corrected chi connectivity index (χ0v) is 6.67. The number of nitrogens with zero attached hydrogens (tertiary/aromatic N) is 1. The van der Waals surface area contributed by atoms with E-state index in [0.717, 1.165) is 12.8 Å². The van der Waals surface area contributed by atoms with E-state index in [0.29, 0.717) is 12.8 Å². The lowest BCUT2D eigenvalue weighted by molar-refractivity contribution is -0.171. The molecule has 0 bridgehead atoms. The fourth-order valence-electron chi connectivity index (χ4n) is 1.53. The summed E-state index contributed by atoms with van der Waals surface area (Å²) in [5.74, 6) is -0.0949. The number of nitriles is 1. The molecule has 2 atom stereocenters. The van der Waals surface area contributed by atoms with E-state index in [4.69, 9.17) is 5.26 Å². The Bertz CT molecular complexity index is 178. The molecule has 0 radical (unpaired) electrons. The molecular weight excluding hydrogens is 164 g/mol. The van der Waals surface area contributed by atoms with Gasteiger partial charge >= 0.3 is 6.61 Å². The summed E-state index contributed by atoms with van der Waals surface area (Å²) in [5, 5.41) is 8.55. The van der Waals surface area contributed by atoms with Gasteiger partial charge < -0.3 is 4.74 Å². The van der Waals surface area contributed by atoms with Crippen LogP contribution in [-0.4, -0.2) is 12.7 Å². The Morgan fingerprint density at radius 3 is 2.75 bits per heavy atom. The third-order valence-electron chi connectivity index (χ3n) is 2.10. The zero-order chi connectivity index (χ0) is 8.97.